The maximum atomic E-state index is 3.58. The smallest absolute Gasteiger partial charge is 0.0305 e. The van der Waals surface area contributed by atoms with E-state index in [1.54, 1.807) is 11.3 Å². The molecule has 0 saturated heterocycles. The van der Waals surface area contributed by atoms with Crippen molar-refractivity contribution in [2.24, 2.45) is 0 Å². The molecule has 0 amide bonds. The first kappa shape index (κ1) is 12.3. The fraction of sp³-hybridized carbons (Fsp3) is 0.333. The molecule has 90 valence electrons. The standard InChI is InChI=1S/C15H19NS/c1-11-6-7-12(2)15(9-11)13(3)16-10-14-5-4-8-17-14/h4-9,13,16H,10H2,1-3H3. The lowest BCUT2D eigenvalue weighted by Gasteiger charge is -2.16. The van der Waals surface area contributed by atoms with Gasteiger partial charge in [0, 0.05) is 17.5 Å². The lowest BCUT2D eigenvalue weighted by atomic mass is 10.00. The summed E-state index contributed by atoms with van der Waals surface area (Å²) in [4.78, 5) is 1.39. The quantitative estimate of drug-likeness (QED) is 0.850. The zero-order valence-electron chi connectivity index (χ0n) is 10.7. The van der Waals surface area contributed by atoms with Gasteiger partial charge in [0.15, 0.2) is 0 Å². The highest BCUT2D eigenvalue weighted by molar-refractivity contribution is 7.09. The fourth-order valence-corrected chi connectivity index (χ4v) is 2.66. The zero-order chi connectivity index (χ0) is 12.3. The van der Waals surface area contributed by atoms with E-state index < -0.39 is 0 Å². The number of benzene rings is 1. The summed E-state index contributed by atoms with van der Waals surface area (Å²) in [5.41, 5.74) is 4.10. The maximum absolute atomic E-state index is 3.58. The Morgan fingerprint density at radius 3 is 2.76 bits per heavy atom. The molecule has 0 bridgehead atoms. The van der Waals surface area contributed by atoms with Crippen LogP contribution in [0.3, 0.4) is 0 Å². The molecule has 1 unspecified atom stereocenters. The van der Waals surface area contributed by atoms with Crippen molar-refractivity contribution >= 4 is 11.3 Å². The number of thiophene rings is 1. The van der Waals surface area contributed by atoms with Gasteiger partial charge in [-0.25, -0.2) is 0 Å². The van der Waals surface area contributed by atoms with Crippen molar-refractivity contribution in [2.45, 2.75) is 33.4 Å². The van der Waals surface area contributed by atoms with Crippen molar-refractivity contribution in [3.63, 3.8) is 0 Å². The molecule has 0 radical (unpaired) electrons. The molecule has 1 N–H and O–H groups in total. The molecule has 2 aromatic rings. The van der Waals surface area contributed by atoms with Crippen LogP contribution < -0.4 is 5.32 Å². The van der Waals surface area contributed by atoms with Crippen molar-refractivity contribution < 1.29 is 0 Å². The average molecular weight is 245 g/mol. The predicted octanol–water partition coefficient (Wildman–Crippen LogP) is 4.22. The van der Waals surface area contributed by atoms with Gasteiger partial charge in [0.25, 0.3) is 0 Å². The molecule has 17 heavy (non-hydrogen) atoms. The zero-order valence-corrected chi connectivity index (χ0v) is 11.5. The predicted molar refractivity (Wildman–Crippen MR) is 75.5 cm³/mol. The molecule has 2 rings (SSSR count). The van der Waals surface area contributed by atoms with E-state index in [0.717, 1.165) is 6.54 Å². The Morgan fingerprint density at radius 1 is 1.24 bits per heavy atom. The molecule has 1 nitrogen and oxygen atoms in total. The summed E-state index contributed by atoms with van der Waals surface area (Å²) in [6.07, 6.45) is 0. The van der Waals surface area contributed by atoms with Crippen LogP contribution in [0.2, 0.25) is 0 Å². The number of hydrogen-bond donors (Lipinski definition) is 1. The molecule has 2 heteroatoms. The lowest BCUT2D eigenvalue weighted by Crippen LogP contribution is -2.18. The van der Waals surface area contributed by atoms with Gasteiger partial charge >= 0.3 is 0 Å². The first-order chi connectivity index (χ1) is 8.16. The largest absolute Gasteiger partial charge is 0.305 e. The van der Waals surface area contributed by atoms with Crippen molar-refractivity contribution in [3.05, 3.63) is 57.3 Å². The summed E-state index contributed by atoms with van der Waals surface area (Å²) in [5, 5.41) is 5.70. The summed E-state index contributed by atoms with van der Waals surface area (Å²) in [5.74, 6) is 0. The first-order valence-corrected chi connectivity index (χ1v) is 6.87. The van der Waals surface area contributed by atoms with E-state index >= 15 is 0 Å². The average Bonchev–Trinajstić information content (AvgIpc) is 2.82. The Hall–Kier alpha value is -1.12. The van der Waals surface area contributed by atoms with Crippen LogP contribution in [-0.2, 0) is 6.54 Å². The van der Waals surface area contributed by atoms with Gasteiger partial charge in [-0.3, -0.25) is 0 Å². The van der Waals surface area contributed by atoms with Gasteiger partial charge in [0.2, 0.25) is 0 Å². The van der Waals surface area contributed by atoms with Crippen LogP contribution in [0.5, 0.6) is 0 Å². The number of aryl methyl sites for hydroxylation is 2. The van der Waals surface area contributed by atoms with E-state index in [1.807, 2.05) is 0 Å². The van der Waals surface area contributed by atoms with E-state index in [9.17, 15) is 0 Å². The molecule has 0 fully saturated rings. The Morgan fingerprint density at radius 2 is 2.06 bits per heavy atom. The third-order valence-electron chi connectivity index (χ3n) is 3.06. The van der Waals surface area contributed by atoms with Crippen LogP contribution in [0.15, 0.2) is 35.7 Å². The van der Waals surface area contributed by atoms with Crippen LogP contribution in [0.4, 0.5) is 0 Å². The van der Waals surface area contributed by atoms with Crippen molar-refractivity contribution in [1.29, 1.82) is 0 Å². The minimum atomic E-state index is 0.400. The molecule has 1 aromatic carbocycles. The third kappa shape index (κ3) is 3.18. The highest BCUT2D eigenvalue weighted by atomic mass is 32.1. The first-order valence-electron chi connectivity index (χ1n) is 6.00. The molecule has 0 saturated carbocycles. The normalized spacial score (nSPS) is 12.6. The van der Waals surface area contributed by atoms with Gasteiger partial charge in [-0.1, -0.05) is 29.8 Å². The maximum Gasteiger partial charge on any atom is 0.0305 e. The minimum absolute atomic E-state index is 0.400. The van der Waals surface area contributed by atoms with Crippen LogP contribution in [-0.4, -0.2) is 0 Å². The van der Waals surface area contributed by atoms with Crippen LogP contribution >= 0.6 is 11.3 Å². The molecule has 0 aliphatic carbocycles. The summed E-state index contributed by atoms with van der Waals surface area (Å²) >= 11 is 1.80. The topological polar surface area (TPSA) is 12.0 Å². The molecule has 0 spiro atoms. The molecule has 1 aromatic heterocycles. The molecule has 0 aliphatic heterocycles. The van der Waals surface area contributed by atoms with Crippen molar-refractivity contribution in [1.82, 2.24) is 5.32 Å². The number of nitrogens with one attached hydrogen (secondary N) is 1. The van der Waals surface area contributed by atoms with Crippen molar-refractivity contribution in [2.75, 3.05) is 0 Å². The van der Waals surface area contributed by atoms with Crippen LogP contribution in [0.1, 0.15) is 34.5 Å². The minimum Gasteiger partial charge on any atom is -0.305 e. The lowest BCUT2D eigenvalue weighted by molar-refractivity contribution is 0.576. The molecular weight excluding hydrogens is 226 g/mol. The molecule has 0 aliphatic rings. The second-order valence-electron chi connectivity index (χ2n) is 4.54. The SMILES string of the molecule is Cc1ccc(C)c(C(C)NCc2cccs2)c1. The second kappa shape index (κ2) is 5.48. The van der Waals surface area contributed by atoms with Gasteiger partial charge in [-0.2, -0.15) is 0 Å². The van der Waals surface area contributed by atoms with Gasteiger partial charge in [0.1, 0.15) is 0 Å². The van der Waals surface area contributed by atoms with E-state index in [0.29, 0.717) is 6.04 Å². The fourth-order valence-electron chi connectivity index (χ4n) is 2.00. The van der Waals surface area contributed by atoms with E-state index in [2.05, 4.69) is 61.8 Å². The van der Waals surface area contributed by atoms with Gasteiger partial charge < -0.3 is 5.32 Å². The second-order valence-corrected chi connectivity index (χ2v) is 5.57. The monoisotopic (exact) mass is 245 g/mol. The Kier molecular flexibility index (Phi) is 3.97. The third-order valence-corrected chi connectivity index (χ3v) is 3.94. The molecule has 1 atom stereocenters. The summed E-state index contributed by atoms with van der Waals surface area (Å²) in [7, 11) is 0. The van der Waals surface area contributed by atoms with E-state index in [1.165, 1.54) is 21.6 Å². The number of rotatable bonds is 4. The van der Waals surface area contributed by atoms with Gasteiger partial charge in [0.05, 0.1) is 0 Å². The summed E-state index contributed by atoms with van der Waals surface area (Å²) in [6.45, 7) is 7.51. The Bertz CT molecular complexity index is 474. The van der Waals surface area contributed by atoms with Crippen LogP contribution in [0.25, 0.3) is 0 Å². The molecular formula is C15H19NS. The van der Waals surface area contributed by atoms with E-state index in [4.69, 9.17) is 0 Å². The number of hydrogen-bond acceptors (Lipinski definition) is 2. The summed E-state index contributed by atoms with van der Waals surface area (Å²) < 4.78 is 0. The van der Waals surface area contributed by atoms with Crippen molar-refractivity contribution in [3.8, 4) is 0 Å². The summed E-state index contributed by atoms with van der Waals surface area (Å²) in [6, 6.07) is 11.3. The molecule has 1 heterocycles. The van der Waals surface area contributed by atoms with E-state index in [-0.39, 0.29) is 0 Å². The van der Waals surface area contributed by atoms with Crippen LogP contribution in [0, 0.1) is 13.8 Å². The Balaban J connectivity index is 2.04. The Labute approximate surface area is 108 Å². The highest BCUT2D eigenvalue weighted by Gasteiger charge is 2.08. The van der Waals surface area contributed by atoms with Gasteiger partial charge in [-0.05, 0) is 43.3 Å². The van der Waals surface area contributed by atoms with Gasteiger partial charge in [-0.15, -0.1) is 11.3 Å². The highest BCUT2D eigenvalue weighted by Crippen LogP contribution is 2.19.